The molecule has 2 aromatic rings. The molecule has 0 unspecified atom stereocenters. The Balaban J connectivity index is 1.36. The standard InChI is InChI=1S/C21H19F3N4O2/c1-26-7-5-14(9-26)2-3-19(29)27-10-15-12-28(13-16(15)11-27)20(30)18-8-17(4-6-25-18)21(22,23)24/h2-9H,10-13H2,1H3/b3-2+. The first-order valence-electron chi connectivity index (χ1n) is 9.32. The van der Waals surface area contributed by atoms with E-state index in [4.69, 9.17) is 0 Å². The van der Waals surface area contributed by atoms with E-state index in [0.29, 0.717) is 13.1 Å². The third-order valence-corrected chi connectivity index (χ3v) is 5.21. The number of amides is 2. The van der Waals surface area contributed by atoms with E-state index >= 15 is 0 Å². The zero-order valence-electron chi connectivity index (χ0n) is 16.2. The summed E-state index contributed by atoms with van der Waals surface area (Å²) in [6, 6.07) is 3.51. The number of nitrogens with zero attached hydrogens (tertiary/aromatic N) is 4. The first-order valence-corrected chi connectivity index (χ1v) is 9.32. The average Bonchev–Trinajstić information content (AvgIpc) is 3.39. The molecule has 0 N–H and O–H groups in total. The topological polar surface area (TPSA) is 58.4 Å². The van der Waals surface area contributed by atoms with Gasteiger partial charge in [0.15, 0.2) is 0 Å². The minimum absolute atomic E-state index is 0.120. The summed E-state index contributed by atoms with van der Waals surface area (Å²) >= 11 is 0. The predicted molar refractivity (Wildman–Crippen MR) is 103 cm³/mol. The molecule has 0 aliphatic carbocycles. The number of pyridine rings is 1. The zero-order valence-corrected chi connectivity index (χ0v) is 16.2. The Hall–Kier alpha value is -3.36. The number of alkyl halides is 3. The number of carbonyl (C=O) groups excluding carboxylic acids is 2. The summed E-state index contributed by atoms with van der Waals surface area (Å²) in [5.41, 5.74) is 1.71. The molecule has 6 nitrogen and oxygen atoms in total. The van der Waals surface area contributed by atoms with Crippen LogP contribution in [-0.2, 0) is 18.0 Å². The van der Waals surface area contributed by atoms with Crippen LogP contribution in [0.5, 0.6) is 0 Å². The second kappa shape index (κ2) is 7.47. The molecule has 0 fully saturated rings. The van der Waals surface area contributed by atoms with E-state index in [9.17, 15) is 22.8 Å². The van der Waals surface area contributed by atoms with E-state index in [-0.39, 0.29) is 24.7 Å². The maximum Gasteiger partial charge on any atom is 0.416 e. The Morgan fingerprint density at radius 2 is 1.73 bits per heavy atom. The van der Waals surface area contributed by atoms with Crippen LogP contribution in [0.15, 0.2) is 54.0 Å². The van der Waals surface area contributed by atoms with Gasteiger partial charge >= 0.3 is 6.18 Å². The van der Waals surface area contributed by atoms with Gasteiger partial charge in [0, 0.05) is 57.9 Å². The minimum Gasteiger partial charge on any atom is -0.357 e. The largest absolute Gasteiger partial charge is 0.416 e. The maximum atomic E-state index is 12.9. The number of aromatic nitrogens is 2. The molecule has 0 radical (unpaired) electrons. The summed E-state index contributed by atoms with van der Waals surface area (Å²) in [5.74, 6) is -0.664. The SMILES string of the molecule is Cn1ccc(/C=C/C(=O)N2CC3=C(C2)CN(C(=O)c2cc(C(F)(F)F)ccn2)C3)c1. The van der Waals surface area contributed by atoms with Crippen molar-refractivity contribution in [2.75, 3.05) is 26.2 Å². The Labute approximate surface area is 170 Å². The molecular formula is C21H19F3N4O2. The van der Waals surface area contributed by atoms with Crippen LogP contribution >= 0.6 is 0 Å². The van der Waals surface area contributed by atoms with Crippen molar-refractivity contribution < 1.29 is 22.8 Å². The van der Waals surface area contributed by atoms with Crippen molar-refractivity contribution in [3.8, 4) is 0 Å². The molecule has 4 rings (SSSR count). The highest BCUT2D eigenvalue weighted by Gasteiger charge is 2.35. The van der Waals surface area contributed by atoms with Gasteiger partial charge < -0.3 is 14.4 Å². The summed E-state index contributed by atoms with van der Waals surface area (Å²) in [6.07, 6.45) is 3.52. The molecule has 0 atom stereocenters. The molecule has 0 saturated heterocycles. The molecule has 2 aromatic heterocycles. The van der Waals surface area contributed by atoms with E-state index < -0.39 is 17.6 Å². The number of hydrogen-bond acceptors (Lipinski definition) is 3. The van der Waals surface area contributed by atoms with Crippen molar-refractivity contribution in [3.05, 3.63) is 70.8 Å². The number of aryl methyl sites for hydroxylation is 1. The number of hydrogen-bond donors (Lipinski definition) is 0. The number of rotatable bonds is 3. The van der Waals surface area contributed by atoms with Crippen LogP contribution in [-0.4, -0.2) is 57.3 Å². The summed E-state index contributed by atoms with van der Waals surface area (Å²) in [5, 5.41) is 0. The number of carbonyl (C=O) groups is 2. The lowest BCUT2D eigenvalue weighted by atomic mass is 10.2. The van der Waals surface area contributed by atoms with Crippen molar-refractivity contribution in [2.45, 2.75) is 6.18 Å². The van der Waals surface area contributed by atoms with Crippen molar-refractivity contribution in [1.29, 1.82) is 0 Å². The smallest absolute Gasteiger partial charge is 0.357 e. The van der Waals surface area contributed by atoms with Crippen LogP contribution in [0.2, 0.25) is 0 Å². The molecule has 156 valence electrons. The van der Waals surface area contributed by atoms with E-state index in [2.05, 4.69) is 4.98 Å². The second-order valence-corrected chi connectivity index (χ2v) is 7.43. The molecule has 4 heterocycles. The molecule has 0 bridgehead atoms. The first kappa shape index (κ1) is 19.9. The molecule has 2 amide bonds. The first-order chi connectivity index (χ1) is 14.2. The van der Waals surface area contributed by atoms with Crippen molar-refractivity contribution in [2.24, 2.45) is 7.05 Å². The third kappa shape index (κ3) is 4.00. The fourth-order valence-corrected chi connectivity index (χ4v) is 3.66. The van der Waals surface area contributed by atoms with Crippen molar-refractivity contribution in [3.63, 3.8) is 0 Å². The Morgan fingerprint density at radius 3 is 2.33 bits per heavy atom. The molecule has 9 heteroatoms. The highest BCUT2D eigenvalue weighted by Crippen LogP contribution is 2.30. The Kier molecular flexibility index (Phi) is 4.97. The van der Waals surface area contributed by atoms with Gasteiger partial charge in [0.2, 0.25) is 5.91 Å². The van der Waals surface area contributed by atoms with Gasteiger partial charge in [-0.25, -0.2) is 0 Å². The van der Waals surface area contributed by atoms with E-state index in [0.717, 1.165) is 35.0 Å². The minimum atomic E-state index is -4.53. The number of halogens is 3. The van der Waals surface area contributed by atoms with Crippen LogP contribution in [0, 0.1) is 0 Å². The summed E-state index contributed by atoms with van der Waals surface area (Å²) in [4.78, 5) is 32.0. The molecule has 2 aliphatic heterocycles. The van der Waals surface area contributed by atoms with Gasteiger partial charge in [0.1, 0.15) is 5.69 Å². The van der Waals surface area contributed by atoms with E-state index in [1.54, 1.807) is 11.0 Å². The van der Waals surface area contributed by atoms with Gasteiger partial charge in [-0.15, -0.1) is 0 Å². The molecule has 2 aliphatic rings. The van der Waals surface area contributed by atoms with Crippen LogP contribution in [0.1, 0.15) is 21.6 Å². The van der Waals surface area contributed by atoms with E-state index in [1.807, 2.05) is 30.1 Å². The Bertz CT molecular complexity index is 1050. The third-order valence-electron chi connectivity index (χ3n) is 5.21. The van der Waals surface area contributed by atoms with Crippen molar-refractivity contribution >= 4 is 17.9 Å². The maximum absolute atomic E-state index is 12.9. The molecular weight excluding hydrogens is 397 g/mol. The van der Waals surface area contributed by atoms with Gasteiger partial charge in [-0.3, -0.25) is 14.6 Å². The quantitative estimate of drug-likeness (QED) is 0.571. The lowest BCUT2D eigenvalue weighted by Gasteiger charge is -2.22. The lowest BCUT2D eigenvalue weighted by molar-refractivity contribution is -0.137. The zero-order chi connectivity index (χ0) is 21.5. The Morgan fingerprint density at radius 1 is 1.07 bits per heavy atom. The average molecular weight is 416 g/mol. The lowest BCUT2D eigenvalue weighted by Crippen LogP contribution is -2.36. The summed E-state index contributed by atoms with van der Waals surface area (Å²) in [7, 11) is 1.90. The fourth-order valence-electron chi connectivity index (χ4n) is 3.66. The monoisotopic (exact) mass is 416 g/mol. The van der Waals surface area contributed by atoms with Gasteiger partial charge in [-0.2, -0.15) is 13.2 Å². The summed E-state index contributed by atoms with van der Waals surface area (Å²) in [6.45, 7) is 1.40. The molecule has 30 heavy (non-hydrogen) atoms. The van der Waals surface area contributed by atoms with Crippen LogP contribution in [0.25, 0.3) is 6.08 Å². The predicted octanol–water partition coefficient (Wildman–Crippen LogP) is 2.75. The van der Waals surface area contributed by atoms with Crippen LogP contribution < -0.4 is 0 Å². The second-order valence-electron chi connectivity index (χ2n) is 7.43. The fraction of sp³-hybridized carbons (Fsp3) is 0.286. The van der Waals surface area contributed by atoms with Gasteiger partial charge in [-0.1, -0.05) is 0 Å². The van der Waals surface area contributed by atoms with Crippen LogP contribution in [0.3, 0.4) is 0 Å². The highest BCUT2D eigenvalue weighted by atomic mass is 19.4. The summed E-state index contributed by atoms with van der Waals surface area (Å²) < 4.78 is 40.5. The van der Waals surface area contributed by atoms with Gasteiger partial charge in [0.25, 0.3) is 5.91 Å². The molecule has 0 spiro atoms. The van der Waals surface area contributed by atoms with Crippen molar-refractivity contribution in [1.82, 2.24) is 19.4 Å². The van der Waals surface area contributed by atoms with E-state index in [1.165, 1.54) is 11.0 Å². The molecule has 0 aromatic carbocycles. The van der Waals surface area contributed by atoms with Crippen LogP contribution in [0.4, 0.5) is 13.2 Å². The highest BCUT2D eigenvalue weighted by molar-refractivity contribution is 5.94. The van der Waals surface area contributed by atoms with Gasteiger partial charge in [-0.05, 0) is 41.0 Å². The molecule has 0 saturated carbocycles. The van der Waals surface area contributed by atoms with Gasteiger partial charge in [0.05, 0.1) is 5.56 Å². The normalized spacial score (nSPS) is 16.7.